The van der Waals surface area contributed by atoms with Gasteiger partial charge in [-0.25, -0.2) is 9.59 Å². The molecular formula is C17H19F3N4O3S. The molecule has 0 bridgehead atoms. The van der Waals surface area contributed by atoms with Crippen molar-refractivity contribution in [3.63, 3.8) is 0 Å². The van der Waals surface area contributed by atoms with Crippen LogP contribution in [-0.2, 0) is 19.6 Å². The van der Waals surface area contributed by atoms with Crippen molar-refractivity contribution in [3.8, 4) is 0 Å². The molecule has 3 heterocycles. The van der Waals surface area contributed by atoms with Gasteiger partial charge in [0, 0.05) is 29.9 Å². The Hall–Kier alpha value is -2.56. The highest BCUT2D eigenvalue weighted by atomic mass is 32.1. The zero-order valence-electron chi connectivity index (χ0n) is 15.5. The summed E-state index contributed by atoms with van der Waals surface area (Å²) >= 11 is 1.07. The highest BCUT2D eigenvalue weighted by Crippen LogP contribution is 2.29. The van der Waals surface area contributed by atoms with Gasteiger partial charge in [0.05, 0.1) is 18.4 Å². The van der Waals surface area contributed by atoms with Gasteiger partial charge in [-0.3, -0.25) is 18.5 Å². The van der Waals surface area contributed by atoms with E-state index in [1.807, 2.05) is 0 Å². The molecular weight excluding hydrogens is 397 g/mol. The van der Waals surface area contributed by atoms with Crippen molar-refractivity contribution in [2.75, 3.05) is 0 Å². The van der Waals surface area contributed by atoms with E-state index in [2.05, 4.69) is 4.98 Å². The minimum atomic E-state index is -4.43. The third kappa shape index (κ3) is 3.58. The van der Waals surface area contributed by atoms with E-state index in [0.717, 1.165) is 20.5 Å². The standard InChI is InChI=1S/C17H19F3N4O3S/c1-4-23-13(25)12-10(3)11(8-22-7-9(2)21-15(22)26)28-14(12)24(16(23)27)6-5-17(18,19)20/h7H,4-6,8H2,1-3H3,(H,21,26). The second-order valence-electron chi connectivity index (χ2n) is 6.55. The highest BCUT2D eigenvalue weighted by molar-refractivity contribution is 7.18. The van der Waals surface area contributed by atoms with E-state index < -0.39 is 30.4 Å². The van der Waals surface area contributed by atoms with Crippen LogP contribution in [0, 0.1) is 13.8 Å². The van der Waals surface area contributed by atoms with Crippen LogP contribution in [0.25, 0.3) is 10.2 Å². The van der Waals surface area contributed by atoms with Crippen molar-refractivity contribution < 1.29 is 13.2 Å². The Balaban J connectivity index is 2.22. The molecule has 0 fully saturated rings. The van der Waals surface area contributed by atoms with Crippen molar-refractivity contribution in [2.24, 2.45) is 0 Å². The molecule has 0 aliphatic carbocycles. The third-order valence-electron chi connectivity index (χ3n) is 4.56. The number of alkyl halides is 3. The summed E-state index contributed by atoms with van der Waals surface area (Å²) in [7, 11) is 0. The van der Waals surface area contributed by atoms with E-state index in [9.17, 15) is 27.6 Å². The minimum Gasteiger partial charge on any atom is -0.310 e. The molecule has 3 rings (SSSR count). The van der Waals surface area contributed by atoms with Gasteiger partial charge in [-0.05, 0) is 26.3 Å². The topological polar surface area (TPSA) is 81.8 Å². The average Bonchev–Trinajstić information content (AvgIpc) is 3.06. The number of fused-ring (bicyclic) bond motifs is 1. The second-order valence-corrected chi connectivity index (χ2v) is 7.63. The fourth-order valence-electron chi connectivity index (χ4n) is 3.14. The first-order valence-electron chi connectivity index (χ1n) is 8.62. The quantitative estimate of drug-likeness (QED) is 0.693. The Bertz CT molecular complexity index is 1210. The van der Waals surface area contributed by atoms with E-state index >= 15 is 0 Å². The zero-order chi connectivity index (χ0) is 20.8. The lowest BCUT2D eigenvalue weighted by Crippen LogP contribution is -2.39. The number of H-pyrrole nitrogens is 1. The Morgan fingerprint density at radius 2 is 1.82 bits per heavy atom. The molecule has 0 aromatic carbocycles. The number of imidazole rings is 1. The Morgan fingerprint density at radius 1 is 1.14 bits per heavy atom. The number of nitrogens with zero attached hydrogens (tertiary/aromatic N) is 3. The lowest BCUT2D eigenvalue weighted by molar-refractivity contribution is -0.136. The van der Waals surface area contributed by atoms with Crippen LogP contribution in [0.15, 0.2) is 20.6 Å². The molecule has 3 aromatic heterocycles. The average molecular weight is 416 g/mol. The molecule has 152 valence electrons. The maximum Gasteiger partial charge on any atom is 0.390 e. The van der Waals surface area contributed by atoms with Crippen LogP contribution in [0.3, 0.4) is 0 Å². The van der Waals surface area contributed by atoms with E-state index in [1.54, 1.807) is 27.0 Å². The molecule has 0 aliphatic heterocycles. The molecule has 0 atom stereocenters. The first kappa shape index (κ1) is 20.2. The van der Waals surface area contributed by atoms with Crippen LogP contribution in [0.5, 0.6) is 0 Å². The summed E-state index contributed by atoms with van der Waals surface area (Å²) in [6.07, 6.45) is -3.98. The van der Waals surface area contributed by atoms with Gasteiger partial charge in [-0.15, -0.1) is 11.3 Å². The maximum absolute atomic E-state index is 12.8. The maximum atomic E-state index is 12.8. The van der Waals surface area contributed by atoms with Gasteiger partial charge < -0.3 is 4.98 Å². The van der Waals surface area contributed by atoms with Crippen LogP contribution >= 0.6 is 11.3 Å². The van der Waals surface area contributed by atoms with Gasteiger partial charge in [0.15, 0.2) is 0 Å². The molecule has 3 aromatic rings. The fraction of sp³-hybridized carbons (Fsp3) is 0.471. The number of hydrogen-bond acceptors (Lipinski definition) is 4. The van der Waals surface area contributed by atoms with Crippen molar-refractivity contribution in [3.05, 3.63) is 53.7 Å². The number of rotatable bonds is 5. The Kier molecular flexibility index (Phi) is 5.13. The van der Waals surface area contributed by atoms with Crippen molar-refractivity contribution in [2.45, 2.75) is 53.0 Å². The van der Waals surface area contributed by atoms with Gasteiger partial charge in [-0.2, -0.15) is 13.2 Å². The number of halogens is 3. The SMILES string of the molecule is CCn1c(=O)c2c(C)c(Cn3cc(C)[nH]c3=O)sc2n(CCC(F)(F)F)c1=O. The molecule has 0 radical (unpaired) electrons. The molecule has 0 saturated heterocycles. The second kappa shape index (κ2) is 7.12. The number of nitrogens with one attached hydrogen (secondary N) is 1. The first-order valence-corrected chi connectivity index (χ1v) is 9.43. The van der Waals surface area contributed by atoms with E-state index in [4.69, 9.17) is 0 Å². The summed E-state index contributed by atoms with van der Waals surface area (Å²) in [6, 6.07) is 0. The smallest absolute Gasteiger partial charge is 0.310 e. The molecule has 0 spiro atoms. The lowest BCUT2D eigenvalue weighted by Gasteiger charge is -2.12. The molecule has 0 unspecified atom stereocenters. The van der Waals surface area contributed by atoms with Gasteiger partial charge in [0.25, 0.3) is 5.56 Å². The summed E-state index contributed by atoms with van der Waals surface area (Å²) in [4.78, 5) is 40.8. The highest BCUT2D eigenvalue weighted by Gasteiger charge is 2.28. The molecule has 11 heteroatoms. The summed E-state index contributed by atoms with van der Waals surface area (Å²) in [6.45, 7) is 4.65. The zero-order valence-corrected chi connectivity index (χ0v) is 16.3. The molecule has 28 heavy (non-hydrogen) atoms. The molecule has 0 aliphatic rings. The summed E-state index contributed by atoms with van der Waals surface area (Å²) in [5.74, 6) is 0. The number of thiophene rings is 1. The van der Waals surface area contributed by atoms with Crippen molar-refractivity contribution in [1.29, 1.82) is 0 Å². The number of aromatic amines is 1. The first-order chi connectivity index (χ1) is 13.0. The largest absolute Gasteiger partial charge is 0.390 e. The monoisotopic (exact) mass is 416 g/mol. The summed E-state index contributed by atoms with van der Waals surface area (Å²) < 4.78 is 41.6. The van der Waals surface area contributed by atoms with Crippen LogP contribution in [0.4, 0.5) is 13.2 Å². The van der Waals surface area contributed by atoms with Crippen molar-refractivity contribution >= 4 is 21.6 Å². The Labute approximate surface area is 160 Å². The lowest BCUT2D eigenvalue weighted by atomic mass is 10.2. The minimum absolute atomic E-state index is 0.0563. The fourth-order valence-corrected chi connectivity index (χ4v) is 4.46. The number of aryl methyl sites for hydroxylation is 3. The molecule has 0 saturated carbocycles. The number of hydrogen-bond donors (Lipinski definition) is 1. The Morgan fingerprint density at radius 3 is 2.36 bits per heavy atom. The van der Waals surface area contributed by atoms with Gasteiger partial charge in [-0.1, -0.05) is 0 Å². The van der Waals surface area contributed by atoms with E-state index in [1.165, 1.54) is 4.57 Å². The molecule has 1 N–H and O–H groups in total. The van der Waals surface area contributed by atoms with Gasteiger partial charge >= 0.3 is 17.6 Å². The summed E-state index contributed by atoms with van der Waals surface area (Å²) in [5.41, 5.74) is -0.372. The van der Waals surface area contributed by atoms with Crippen molar-refractivity contribution in [1.82, 2.24) is 18.7 Å². The normalized spacial score (nSPS) is 12.2. The van der Waals surface area contributed by atoms with Crippen LogP contribution in [0.2, 0.25) is 0 Å². The van der Waals surface area contributed by atoms with Gasteiger partial charge in [0.2, 0.25) is 0 Å². The predicted octanol–water partition coefficient (Wildman–Crippen LogP) is 2.35. The van der Waals surface area contributed by atoms with E-state index in [0.29, 0.717) is 16.1 Å². The van der Waals surface area contributed by atoms with Crippen LogP contribution < -0.4 is 16.9 Å². The summed E-state index contributed by atoms with van der Waals surface area (Å²) in [5, 5.41) is 0.226. The van der Waals surface area contributed by atoms with Gasteiger partial charge in [0.1, 0.15) is 4.83 Å². The van der Waals surface area contributed by atoms with Crippen LogP contribution in [-0.4, -0.2) is 24.9 Å². The molecule has 0 amide bonds. The third-order valence-corrected chi connectivity index (χ3v) is 5.86. The van der Waals surface area contributed by atoms with Crippen LogP contribution in [0.1, 0.15) is 29.5 Å². The molecule has 7 nitrogen and oxygen atoms in total. The predicted molar refractivity (Wildman–Crippen MR) is 100 cm³/mol. The van der Waals surface area contributed by atoms with E-state index in [-0.39, 0.29) is 29.0 Å². The number of aromatic nitrogens is 4.